The Morgan fingerprint density at radius 1 is 1.29 bits per heavy atom. The summed E-state index contributed by atoms with van der Waals surface area (Å²) in [5.74, 6) is 1.54. The Hall–Kier alpha value is -0.120. The Morgan fingerprint density at radius 3 is 2.94 bits per heavy atom. The Bertz CT molecular complexity index is 216. The summed E-state index contributed by atoms with van der Waals surface area (Å²) < 4.78 is 5.59. The standard InChI is InChI=1S/C14H28N2O/c1-12-8-15-13(2)5-6-16(9-12)10-14-4-3-7-17-11-14/h12-15H,3-11H2,1-2H3. The number of hydrogen-bond acceptors (Lipinski definition) is 3. The molecule has 3 atom stereocenters. The van der Waals surface area contributed by atoms with Gasteiger partial charge in [0.2, 0.25) is 0 Å². The van der Waals surface area contributed by atoms with Crippen LogP contribution in [-0.2, 0) is 4.74 Å². The van der Waals surface area contributed by atoms with Gasteiger partial charge in [-0.1, -0.05) is 6.92 Å². The van der Waals surface area contributed by atoms with Gasteiger partial charge in [0.15, 0.2) is 0 Å². The molecule has 2 aliphatic heterocycles. The van der Waals surface area contributed by atoms with E-state index in [-0.39, 0.29) is 0 Å². The molecular weight excluding hydrogens is 212 g/mol. The number of ether oxygens (including phenoxy) is 1. The van der Waals surface area contributed by atoms with Crippen LogP contribution < -0.4 is 5.32 Å². The maximum atomic E-state index is 5.59. The van der Waals surface area contributed by atoms with E-state index in [9.17, 15) is 0 Å². The van der Waals surface area contributed by atoms with E-state index < -0.39 is 0 Å². The lowest BCUT2D eigenvalue weighted by Crippen LogP contribution is -2.44. The molecule has 2 aliphatic rings. The minimum absolute atomic E-state index is 0.669. The summed E-state index contributed by atoms with van der Waals surface area (Å²) in [6.45, 7) is 11.5. The van der Waals surface area contributed by atoms with Crippen LogP contribution in [0, 0.1) is 11.8 Å². The zero-order chi connectivity index (χ0) is 12.1. The van der Waals surface area contributed by atoms with Crippen molar-refractivity contribution in [2.45, 2.75) is 39.2 Å². The molecule has 2 saturated heterocycles. The molecule has 1 N–H and O–H groups in total. The lowest BCUT2D eigenvalue weighted by Gasteiger charge is -2.34. The molecule has 2 heterocycles. The van der Waals surface area contributed by atoms with Gasteiger partial charge in [-0.3, -0.25) is 0 Å². The van der Waals surface area contributed by atoms with Crippen molar-refractivity contribution in [1.82, 2.24) is 10.2 Å². The second kappa shape index (κ2) is 6.72. The molecule has 0 saturated carbocycles. The summed E-state index contributed by atoms with van der Waals surface area (Å²) in [6.07, 6.45) is 3.89. The van der Waals surface area contributed by atoms with E-state index in [0.29, 0.717) is 6.04 Å². The third-order valence-electron chi connectivity index (χ3n) is 4.03. The zero-order valence-electron chi connectivity index (χ0n) is 11.5. The van der Waals surface area contributed by atoms with E-state index in [1.165, 1.54) is 45.4 Å². The van der Waals surface area contributed by atoms with Gasteiger partial charge in [-0.05, 0) is 51.1 Å². The molecule has 0 amide bonds. The van der Waals surface area contributed by atoms with E-state index in [0.717, 1.165) is 25.0 Å². The van der Waals surface area contributed by atoms with Gasteiger partial charge in [0.1, 0.15) is 0 Å². The van der Waals surface area contributed by atoms with Gasteiger partial charge in [0.25, 0.3) is 0 Å². The number of nitrogens with one attached hydrogen (secondary N) is 1. The molecule has 100 valence electrons. The quantitative estimate of drug-likeness (QED) is 0.795. The monoisotopic (exact) mass is 240 g/mol. The van der Waals surface area contributed by atoms with Crippen molar-refractivity contribution in [2.24, 2.45) is 11.8 Å². The van der Waals surface area contributed by atoms with Crippen LogP contribution in [0.25, 0.3) is 0 Å². The van der Waals surface area contributed by atoms with Gasteiger partial charge in [-0.2, -0.15) is 0 Å². The average Bonchev–Trinajstić information content (AvgIpc) is 2.33. The van der Waals surface area contributed by atoms with Crippen molar-refractivity contribution >= 4 is 0 Å². The van der Waals surface area contributed by atoms with E-state index >= 15 is 0 Å². The van der Waals surface area contributed by atoms with Crippen LogP contribution in [0.3, 0.4) is 0 Å². The van der Waals surface area contributed by atoms with Crippen LogP contribution in [0.2, 0.25) is 0 Å². The van der Waals surface area contributed by atoms with Crippen LogP contribution in [0.5, 0.6) is 0 Å². The van der Waals surface area contributed by atoms with Crippen molar-refractivity contribution < 1.29 is 4.74 Å². The fraction of sp³-hybridized carbons (Fsp3) is 1.00. The van der Waals surface area contributed by atoms with E-state index in [1.807, 2.05) is 0 Å². The molecule has 17 heavy (non-hydrogen) atoms. The largest absolute Gasteiger partial charge is 0.381 e. The molecule has 0 aromatic carbocycles. The maximum Gasteiger partial charge on any atom is 0.0506 e. The smallest absolute Gasteiger partial charge is 0.0506 e. The Balaban J connectivity index is 1.80. The highest BCUT2D eigenvalue weighted by molar-refractivity contribution is 4.76. The highest BCUT2D eigenvalue weighted by Gasteiger charge is 2.21. The first kappa shape index (κ1) is 13.3. The molecule has 0 bridgehead atoms. The van der Waals surface area contributed by atoms with Crippen LogP contribution in [0.1, 0.15) is 33.1 Å². The molecule has 3 heteroatoms. The molecule has 0 radical (unpaired) electrons. The van der Waals surface area contributed by atoms with Crippen LogP contribution in [0.15, 0.2) is 0 Å². The molecule has 3 nitrogen and oxygen atoms in total. The maximum absolute atomic E-state index is 5.59. The first-order chi connectivity index (χ1) is 8.24. The lowest BCUT2D eigenvalue weighted by atomic mass is 10.00. The van der Waals surface area contributed by atoms with Crippen molar-refractivity contribution in [3.8, 4) is 0 Å². The zero-order valence-corrected chi connectivity index (χ0v) is 11.5. The Kier molecular flexibility index (Phi) is 5.26. The third-order valence-corrected chi connectivity index (χ3v) is 4.03. The van der Waals surface area contributed by atoms with Gasteiger partial charge >= 0.3 is 0 Å². The van der Waals surface area contributed by atoms with Crippen molar-refractivity contribution in [3.05, 3.63) is 0 Å². The van der Waals surface area contributed by atoms with Gasteiger partial charge in [-0.15, -0.1) is 0 Å². The SMILES string of the molecule is CC1CNC(C)CCN(CC2CCCOC2)C1. The topological polar surface area (TPSA) is 24.5 Å². The normalized spacial score (nSPS) is 37.4. The van der Waals surface area contributed by atoms with E-state index in [2.05, 4.69) is 24.1 Å². The van der Waals surface area contributed by atoms with Crippen LogP contribution >= 0.6 is 0 Å². The van der Waals surface area contributed by atoms with Crippen LogP contribution in [0.4, 0.5) is 0 Å². The molecule has 0 aromatic heterocycles. The predicted octanol–water partition coefficient (Wildman–Crippen LogP) is 1.73. The fourth-order valence-corrected chi connectivity index (χ4v) is 2.96. The van der Waals surface area contributed by atoms with E-state index in [1.54, 1.807) is 0 Å². The molecule has 0 spiro atoms. The highest BCUT2D eigenvalue weighted by atomic mass is 16.5. The second-order valence-electron chi connectivity index (χ2n) is 6.05. The number of hydrogen-bond donors (Lipinski definition) is 1. The summed E-state index contributed by atoms with van der Waals surface area (Å²) in [4.78, 5) is 2.67. The van der Waals surface area contributed by atoms with Gasteiger partial charge < -0.3 is 15.0 Å². The summed E-state index contributed by atoms with van der Waals surface area (Å²) in [7, 11) is 0. The lowest BCUT2D eigenvalue weighted by molar-refractivity contribution is 0.0346. The summed E-state index contributed by atoms with van der Waals surface area (Å²) >= 11 is 0. The predicted molar refractivity (Wildman–Crippen MR) is 71.2 cm³/mol. The fourth-order valence-electron chi connectivity index (χ4n) is 2.96. The van der Waals surface area contributed by atoms with Gasteiger partial charge in [-0.25, -0.2) is 0 Å². The number of rotatable bonds is 2. The molecular formula is C14H28N2O. The summed E-state index contributed by atoms with van der Waals surface area (Å²) in [6, 6.07) is 0.669. The summed E-state index contributed by atoms with van der Waals surface area (Å²) in [5, 5.41) is 3.61. The first-order valence-corrected chi connectivity index (χ1v) is 7.27. The second-order valence-corrected chi connectivity index (χ2v) is 6.05. The van der Waals surface area contributed by atoms with E-state index in [4.69, 9.17) is 4.74 Å². The van der Waals surface area contributed by atoms with Crippen molar-refractivity contribution in [1.29, 1.82) is 0 Å². The molecule has 2 fully saturated rings. The molecule has 0 aromatic rings. The Morgan fingerprint density at radius 2 is 2.18 bits per heavy atom. The third kappa shape index (κ3) is 4.57. The molecule has 2 rings (SSSR count). The van der Waals surface area contributed by atoms with Gasteiger partial charge in [0.05, 0.1) is 6.61 Å². The average molecular weight is 240 g/mol. The Labute approximate surface area is 106 Å². The van der Waals surface area contributed by atoms with Gasteiger partial charge in [0, 0.05) is 25.7 Å². The first-order valence-electron chi connectivity index (χ1n) is 7.27. The number of nitrogens with zero attached hydrogens (tertiary/aromatic N) is 1. The van der Waals surface area contributed by atoms with Crippen molar-refractivity contribution in [2.75, 3.05) is 39.4 Å². The molecule has 0 aliphatic carbocycles. The highest BCUT2D eigenvalue weighted by Crippen LogP contribution is 2.17. The van der Waals surface area contributed by atoms with Crippen LogP contribution in [-0.4, -0.2) is 50.3 Å². The minimum atomic E-state index is 0.669. The minimum Gasteiger partial charge on any atom is -0.381 e. The van der Waals surface area contributed by atoms with Crippen molar-refractivity contribution in [3.63, 3.8) is 0 Å². The summed E-state index contributed by atoms with van der Waals surface area (Å²) in [5.41, 5.74) is 0. The molecule has 3 unspecified atom stereocenters.